The molecule has 2 amide bonds. The molecule has 0 aromatic heterocycles. The summed E-state index contributed by atoms with van der Waals surface area (Å²) in [6, 6.07) is 28.6. The Labute approximate surface area is 258 Å². The molecule has 0 bridgehead atoms. The minimum absolute atomic E-state index is 0.0881. The van der Waals surface area contributed by atoms with E-state index in [4.69, 9.17) is 9.47 Å². The number of nitrogens with one attached hydrogen (secondary N) is 1. The van der Waals surface area contributed by atoms with Crippen molar-refractivity contribution in [2.75, 3.05) is 19.7 Å². The van der Waals surface area contributed by atoms with Crippen LogP contribution in [-0.4, -0.2) is 53.5 Å². The van der Waals surface area contributed by atoms with E-state index in [1.807, 2.05) is 78.9 Å². The van der Waals surface area contributed by atoms with E-state index >= 15 is 0 Å². The molecule has 1 aliphatic rings. The molecule has 2 N–H and O–H groups in total. The fraction of sp³-hybridized carbons (Fsp3) is 0.206. The molecule has 0 radical (unpaired) electrons. The van der Waals surface area contributed by atoms with Gasteiger partial charge in [0.15, 0.2) is 0 Å². The molecule has 4 aromatic carbocycles. The molecule has 1 aliphatic heterocycles. The number of hydrogen-bond acceptors (Lipinski definition) is 5. The number of amides is 2. The Morgan fingerprint density at radius 1 is 0.930 bits per heavy atom. The van der Waals surface area contributed by atoms with Gasteiger partial charge in [-0.15, -0.1) is 0 Å². The predicted molar refractivity (Wildman–Crippen MR) is 166 cm³/mol. The van der Waals surface area contributed by atoms with Crippen molar-refractivity contribution in [2.24, 2.45) is 0 Å². The second kappa shape index (κ2) is 14.0. The Bertz CT molecular complexity index is 1590. The third-order valence-corrected chi connectivity index (χ3v) is 7.64. The molecular formula is C34H31BrN2O6. The van der Waals surface area contributed by atoms with Crippen LogP contribution in [0.2, 0.25) is 0 Å². The zero-order chi connectivity index (χ0) is 30.2. The van der Waals surface area contributed by atoms with Crippen molar-refractivity contribution in [1.82, 2.24) is 10.2 Å². The van der Waals surface area contributed by atoms with Crippen molar-refractivity contribution in [3.63, 3.8) is 0 Å². The average molecular weight is 644 g/mol. The van der Waals surface area contributed by atoms with Gasteiger partial charge in [0.2, 0.25) is 5.91 Å². The van der Waals surface area contributed by atoms with Crippen LogP contribution in [-0.2, 0) is 16.0 Å². The van der Waals surface area contributed by atoms with Crippen LogP contribution in [0.3, 0.4) is 0 Å². The standard InChI is InChI=1S/C34H31BrN2O6/c35-25-16-17-30(42-20-19-37-18-6-11-32(37)38)28(22-25)33(39)36-29(34(40)41)21-23-12-14-24(15-13-23)27-9-4-5-10-31(27)43-26-7-2-1-3-8-26/h1-5,7-10,12-17,22,29H,6,11,18-21H2,(H,36,39)(H,40,41)/t29-/m0/s1. The molecule has 8 nitrogen and oxygen atoms in total. The number of carboxylic acid groups (broad SMARTS) is 1. The number of rotatable bonds is 12. The van der Waals surface area contributed by atoms with Crippen LogP contribution in [0.5, 0.6) is 17.2 Å². The van der Waals surface area contributed by atoms with Crippen molar-refractivity contribution in [1.29, 1.82) is 0 Å². The second-order valence-electron chi connectivity index (χ2n) is 10.1. The highest BCUT2D eigenvalue weighted by atomic mass is 79.9. The molecule has 4 aromatic rings. The summed E-state index contributed by atoms with van der Waals surface area (Å²) in [5.74, 6) is 0.133. The van der Waals surface area contributed by atoms with Gasteiger partial charge in [0.1, 0.15) is 29.9 Å². The molecular weight excluding hydrogens is 612 g/mol. The summed E-state index contributed by atoms with van der Waals surface area (Å²) in [5.41, 5.74) is 2.77. The molecule has 220 valence electrons. The lowest BCUT2D eigenvalue weighted by atomic mass is 9.99. The number of benzene rings is 4. The van der Waals surface area contributed by atoms with Crippen molar-refractivity contribution < 1.29 is 29.0 Å². The molecule has 5 rings (SSSR count). The minimum atomic E-state index is -1.17. The normalized spacial score (nSPS) is 13.4. The SMILES string of the molecule is O=C(N[C@@H](Cc1ccc(-c2ccccc2Oc2ccccc2)cc1)C(=O)O)c1cc(Br)ccc1OCCN1CCCC1=O. The smallest absolute Gasteiger partial charge is 0.326 e. The number of para-hydroxylation sites is 2. The van der Waals surface area contributed by atoms with E-state index in [1.165, 1.54) is 0 Å². The van der Waals surface area contributed by atoms with Gasteiger partial charge in [0.05, 0.1) is 12.1 Å². The summed E-state index contributed by atoms with van der Waals surface area (Å²) in [6.45, 7) is 1.35. The van der Waals surface area contributed by atoms with Gasteiger partial charge in [0, 0.05) is 29.4 Å². The minimum Gasteiger partial charge on any atom is -0.491 e. The van der Waals surface area contributed by atoms with E-state index in [2.05, 4.69) is 21.2 Å². The highest BCUT2D eigenvalue weighted by Gasteiger charge is 2.24. The fourth-order valence-electron chi connectivity index (χ4n) is 4.91. The lowest BCUT2D eigenvalue weighted by Crippen LogP contribution is -2.42. The van der Waals surface area contributed by atoms with Gasteiger partial charge >= 0.3 is 5.97 Å². The molecule has 0 saturated carbocycles. The van der Waals surface area contributed by atoms with Gasteiger partial charge in [-0.1, -0.05) is 76.6 Å². The summed E-state index contributed by atoms with van der Waals surface area (Å²) in [7, 11) is 0. The molecule has 1 fully saturated rings. The van der Waals surface area contributed by atoms with Gasteiger partial charge in [-0.2, -0.15) is 0 Å². The van der Waals surface area contributed by atoms with Crippen molar-refractivity contribution in [3.8, 4) is 28.4 Å². The molecule has 43 heavy (non-hydrogen) atoms. The van der Waals surface area contributed by atoms with E-state index in [0.717, 1.165) is 28.9 Å². The Balaban J connectivity index is 1.25. The number of halogens is 1. The Morgan fingerprint density at radius 3 is 2.40 bits per heavy atom. The molecule has 1 saturated heterocycles. The summed E-state index contributed by atoms with van der Waals surface area (Å²) in [4.78, 5) is 39.1. The molecule has 1 atom stereocenters. The van der Waals surface area contributed by atoms with Crippen molar-refractivity contribution in [2.45, 2.75) is 25.3 Å². The van der Waals surface area contributed by atoms with Crippen molar-refractivity contribution in [3.05, 3.63) is 113 Å². The first-order chi connectivity index (χ1) is 20.9. The second-order valence-corrected chi connectivity index (χ2v) is 11.1. The first-order valence-corrected chi connectivity index (χ1v) is 14.8. The van der Waals surface area contributed by atoms with E-state index in [1.54, 1.807) is 23.1 Å². The first kappa shape index (κ1) is 29.8. The van der Waals surface area contributed by atoms with E-state index < -0.39 is 17.9 Å². The molecule has 1 heterocycles. The highest BCUT2D eigenvalue weighted by Crippen LogP contribution is 2.33. The number of likely N-dealkylation sites (tertiary alicyclic amines) is 1. The third-order valence-electron chi connectivity index (χ3n) is 7.14. The van der Waals surface area contributed by atoms with Crippen LogP contribution >= 0.6 is 15.9 Å². The van der Waals surface area contributed by atoms with Crippen molar-refractivity contribution >= 4 is 33.7 Å². The third kappa shape index (κ3) is 7.81. The number of aliphatic carboxylic acids is 1. The topological polar surface area (TPSA) is 105 Å². The average Bonchev–Trinajstić information content (AvgIpc) is 3.43. The van der Waals surface area contributed by atoms with Gasteiger partial charge < -0.3 is 24.8 Å². The number of carbonyl (C=O) groups is 3. The predicted octanol–water partition coefficient (Wildman–Crippen LogP) is 6.34. The monoisotopic (exact) mass is 642 g/mol. The van der Waals surface area contributed by atoms with E-state index in [9.17, 15) is 19.5 Å². The number of carboxylic acids is 1. The maximum Gasteiger partial charge on any atom is 0.326 e. The molecule has 9 heteroatoms. The number of carbonyl (C=O) groups excluding carboxylic acids is 2. The summed E-state index contributed by atoms with van der Waals surface area (Å²) >= 11 is 3.38. The lowest BCUT2D eigenvalue weighted by molar-refractivity contribution is -0.139. The molecule has 0 spiro atoms. The van der Waals surface area contributed by atoms with Gasteiger partial charge in [-0.3, -0.25) is 9.59 Å². The Hall–Kier alpha value is -4.63. The highest BCUT2D eigenvalue weighted by molar-refractivity contribution is 9.10. The fourth-order valence-corrected chi connectivity index (χ4v) is 5.27. The zero-order valence-corrected chi connectivity index (χ0v) is 25.0. The molecule has 0 unspecified atom stereocenters. The van der Waals surface area contributed by atoms with E-state index in [-0.39, 0.29) is 24.5 Å². The molecule has 0 aliphatic carbocycles. The number of hydrogen-bond donors (Lipinski definition) is 2. The Kier molecular flexibility index (Phi) is 9.73. The number of ether oxygens (including phenoxy) is 2. The first-order valence-electron chi connectivity index (χ1n) is 14.0. The van der Waals surface area contributed by atoms with Crippen LogP contribution in [0.4, 0.5) is 0 Å². The van der Waals surface area contributed by atoms with Gasteiger partial charge in [0.25, 0.3) is 5.91 Å². The van der Waals surface area contributed by atoms with Gasteiger partial charge in [-0.05, 0) is 53.9 Å². The number of nitrogens with zero attached hydrogens (tertiary/aromatic N) is 1. The van der Waals surface area contributed by atoms with Gasteiger partial charge in [-0.25, -0.2) is 4.79 Å². The summed E-state index contributed by atoms with van der Waals surface area (Å²) < 4.78 is 12.6. The van der Waals surface area contributed by atoms with Crippen LogP contribution in [0, 0.1) is 0 Å². The van der Waals surface area contributed by atoms with Crippen LogP contribution in [0.15, 0.2) is 102 Å². The summed E-state index contributed by atoms with van der Waals surface area (Å²) in [5, 5.41) is 12.6. The maximum absolute atomic E-state index is 13.3. The van der Waals surface area contributed by atoms with Crippen LogP contribution < -0.4 is 14.8 Å². The zero-order valence-electron chi connectivity index (χ0n) is 23.4. The quantitative estimate of drug-likeness (QED) is 0.187. The maximum atomic E-state index is 13.3. The van der Waals surface area contributed by atoms with Crippen LogP contribution in [0.25, 0.3) is 11.1 Å². The van der Waals surface area contributed by atoms with E-state index in [0.29, 0.717) is 35.5 Å². The lowest BCUT2D eigenvalue weighted by Gasteiger charge is -2.19. The van der Waals surface area contributed by atoms with Crippen LogP contribution in [0.1, 0.15) is 28.8 Å². The summed E-state index contributed by atoms with van der Waals surface area (Å²) in [6.07, 6.45) is 1.46. The largest absolute Gasteiger partial charge is 0.491 e. The Morgan fingerprint density at radius 2 is 1.67 bits per heavy atom.